The SMILES string of the molecule is CN(C)C(CNCc1cc([N+](=O)[O-])ccc1Cl)c1cccs1. The summed E-state index contributed by atoms with van der Waals surface area (Å²) in [5.74, 6) is 0. The zero-order valence-electron chi connectivity index (χ0n) is 12.5. The first-order valence-electron chi connectivity index (χ1n) is 6.82. The van der Waals surface area contributed by atoms with E-state index < -0.39 is 4.92 Å². The van der Waals surface area contributed by atoms with Gasteiger partial charge in [-0.05, 0) is 37.2 Å². The summed E-state index contributed by atoms with van der Waals surface area (Å²) in [6.45, 7) is 1.24. The van der Waals surface area contributed by atoms with Crippen molar-refractivity contribution in [2.24, 2.45) is 0 Å². The molecule has 0 bridgehead atoms. The van der Waals surface area contributed by atoms with Crippen molar-refractivity contribution in [2.45, 2.75) is 12.6 Å². The summed E-state index contributed by atoms with van der Waals surface area (Å²) in [6, 6.07) is 8.91. The maximum absolute atomic E-state index is 10.8. The van der Waals surface area contributed by atoms with E-state index in [2.05, 4.69) is 21.7 Å². The van der Waals surface area contributed by atoms with Crippen molar-refractivity contribution in [1.82, 2.24) is 10.2 Å². The molecule has 0 saturated carbocycles. The van der Waals surface area contributed by atoms with E-state index in [4.69, 9.17) is 11.6 Å². The molecule has 0 spiro atoms. The Morgan fingerprint density at radius 3 is 2.77 bits per heavy atom. The van der Waals surface area contributed by atoms with Crippen molar-refractivity contribution in [2.75, 3.05) is 20.6 Å². The molecule has 1 atom stereocenters. The monoisotopic (exact) mass is 339 g/mol. The Balaban J connectivity index is 2.01. The highest BCUT2D eigenvalue weighted by Crippen LogP contribution is 2.24. The number of nitro groups is 1. The van der Waals surface area contributed by atoms with E-state index in [1.54, 1.807) is 17.4 Å². The van der Waals surface area contributed by atoms with Gasteiger partial charge in [-0.25, -0.2) is 0 Å². The third-order valence-electron chi connectivity index (χ3n) is 3.39. The molecule has 0 aliphatic carbocycles. The fourth-order valence-corrected chi connectivity index (χ4v) is 3.28. The summed E-state index contributed by atoms with van der Waals surface area (Å²) in [7, 11) is 4.07. The van der Waals surface area contributed by atoms with Gasteiger partial charge in [0.2, 0.25) is 0 Å². The number of likely N-dealkylation sites (N-methyl/N-ethyl adjacent to an activating group) is 1. The van der Waals surface area contributed by atoms with E-state index in [-0.39, 0.29) is 11.7 Å². The summed E-state index contributed by atoms with van der Waals surface area (Å²) >= 11 is 7.83. The first-order chi connectivity index (χ1) is 10.5. The smallest absolute Gasteiger partial charge is 0.269 e. The lowest BCUT2D eigenvalue weighted by Crippen LogP contribution is -2.30. The number of hydrogen-bond donors (Lipinski definition) is 1. The predicted octanol–water partition coefficient (Wildman–Crippen LogP) is 3.70. The lowest BCUT2D eigenvalue weighted by Gasteiger charge is -2.23. The summed E-state index contributed by atoms with van der Waals surface area (Å²) in [6.07, 6.45) is 0. The Bertz CT molecular complexity index is 632. The number of hydrogen-bond acceptors (Lipinski definition) is 5. The van der Waals surface area contributed by atoms with Crippen LogP contribution in [0.4, 0.5) is 5.69 Å². The predicted molar refractivity (Wildman–Crippen MR) is 90.6 cm³/mol. The van der Waals surface area contributed by atoms with Gasteiger partial charge >= 0.3 is 0 Å². The zero-order chi connectivity index (χ0) is 16.1. The quantitative estimate of drug-likeness (QED) is 0.617. The molecule has 0 fully saturated rings. The molecule has 0 aliphatic heterocycles. The molecular formula is C15H18ClN3O2S. The van der Waals surface area contributed by atoms with Gasteiger partial charge in [-0.1, -0.05) is 17.7 Å². The van der Waals surface area contributed by atoms with Crippen molar-refractivity contribution in [3.05, 3.63) is 61.3 Å². The Morgan fingerprint density at radius 1 is 1.41 bits per heavy atom. The summed E-state index contributed by atoms with van der Waals surface area (Å²) in [5.41, 5.74) is 0.795. The number of benzene rings is 1. The van der Waals surface area contributed by atoms with Crippen molar-refractivity contribution < 1.29 is 4.92 Å². The topological polar surface area (TPSA) is 58.4 Å². The van der Waals surface area contributed by atoms with Crippen LogP contribution in [-0.2, 0) is 6.54 Å². The van der Waals surface area contributed by atoms with Crippen LogP contribution in [-0.4, -0.2) is 30.5 Å². The summed E-state index contributed by atoms with van der Waals surface area (Å²) < 4.78 is 0. The molecule has 1 N–H and O–H groups in total. The normalized spacial score (nSPS) is 12.5. The molecule has 2 rings (SSSR count). The summed E-state index contributed by atoms with van der Waals surface area (Å²) in [4.78, 5) is 13.8. The molecule has 1 aromatic heterocycles. The Morgan fingerprint density at radius 2 is 2.18 bits per heavy atom. The van der Waals surface area contributed by atoms with Gasteiger partial charge in [0.15, 0.2) is 0 Å². The standard InChI is InChI=1S/C15H18ClN3O2S/c1-18(2)14(15-4-3-7-22-15)10-17-9-11-8-12(19(20)21)5-6-13(11)16/h3-8,14,17H,9-10H2,1-2H3. The average molecular weight is 340 g/mol. The zero-order valence-corrected chi connectivity index (χ0v) is 14.0. The molecule has 1 unspecified atom stereocenters. The number of nitrogens with zero attached hydrogens (tertiary/aromatic N) is 2. The molecule has 1 aromatic carbocycles. The van der Waals surface area contributed by atoms with E-state index in [0.717, 1.165) is 12.1 Å². The number of halogens is 1. The van der Waals surface area contributed by atoms with Crippen LogP contribution in [0.3, 0.4) is 0 Å². The van der Waals surface area contributed by atoms with Gasteiger partial charge in [0.1, 0.15) is 0 Å². The maximum Gasteiger partial charge on any atom is 0.269 e. The Hall–Kier alpha value is -1.47. The van der Waals surface area contributed by atoms with Crippen LogP contribution in [0, 0.1) is 10.1 Å². The lowest BCUT2D eigenvalue weighted by molar-refractivity contribution is -0.384. The number of thiophene rings is 1. The van der Waals surface area contributed by atoms with E-state index in [0.29, 0.717) is 11.6 Å². The van der Waals surface area contributed by atoms with Crippen LogP contribution in [0.25, 0.3) is 0 Å². The van der Waals surface area contributed by atoms with E-state index in [1.807, 2.05) is 20.2 Å². The minimum absolute atomic E-state index is 0.0589. The van der Waals surface area contributed by atoms with E-state index >= 15 is 0 Å². The number of nitro benzene ring substituents is 1. The van der Waals surface area contributed by atoms with Crippen LogP contribution < -0.4 is 5.32 Å². The summed E-state index contributed by atoms with van der Waals surface area (Å²) in [5, 5.41) is 16.8. The molecule has 5 nitrogen and oxygen atoms in total. The fourth-order valence-electron chi connectivity index (χ4n) is 2.17. The Kier molecular flexibility index (Phi) is 5.90. The van der Waals surface area contributed by atoms with Gasteiger partial charge in [-0.2, -0.15) is 0 Å². The molecule has 0 saturated heterocycles. The molecule has 2 aromatic rings. The van der Waals surface area contributed by atoms with Gasteiger partial charge in [-0.15, -0.1) is 11.3 Å². The highest BCUT2D eigenvalue weighted by molar-refractivity contribution is 7.10. The van der Waals surface area contributed by atoms with Gasteiger partial charge in [0, 0.05) is 35.1 Å². The van der Waals surface area contributed by atoms with Crippen LogP contribution in [0.1, 0.15) is 16.5 Å². The second kappa shape index (κ2) is 7.69. The van der Waals surface area contributed by atoms with Gasteiger partial charge in [-0.3, -0.25) is 10.1 Å². The Labute approximate surface area is 138 Å². The van der Waals surface area contributed by atoms with Gasteiger partial charge < -0.3 is 10.2 Å². The minimum Gasteiger partial charge on any atom is -0.311 e. The van der Waals surface area contributed by atoms with Crippen molar-refractivity contribution in [3.63, 3.8) is 0 Å². The molecule has 118 valence electrons. The van der Waals surface area contributed by atoms with Crippen LogP contribution in [0.15, 0.2) is 35.7 Å². The van der Waals surface area contributed by atoms with Crippen molar-refractivity contribution in [3.8, 4) is 0 Å². The molecule has 0 amide bonds. The van der Waals surface area contributed by atoms with E-state index in [9.17, 15) is 10.1 Å². The van der Waals surface area contributed by atoms with Gasteiger partial charge in [0.25, 0.3) is 5.69 Å². The van der Waals surface area contributed by atoms with Crippen LogP contribution >= 0.6 is 22.9 Å². The second-order valence-corrected chi connectivity index (χ2v) is 6.55. The second-order valence-electron chi connectivity index (χ2n) is 5.16. The number of rotatable bonds is 7. The molecule has 0 aliphatic rings. The molecule has 1 heterocycles. The third kappa shape index (κ3) is 4.27. The van der Waals surface area contributed by atoms with Gasteiger partial charge in [0.05, 0.1) is 11.0 Å². The largest absolute Gasteiger partial charge is 0.311 e. The first kappa shape index (κ1) is 16.9. The maximum atomic E-state index is 10.8. The molecule has 7 heteroatoms. The minimum atomic E-state index is -0.409. The highest BCUT2D eigenvalue weighted by Gasteiger charge is 2.15. The molecule has 22 heavy (non-hydrogen) atoms. The first-order valence-corrected chi connectivity index (χ1v) is 8.08. The highest BCUT2D eigenvalue weighted by atomic mass is 35.5. The number of non-ortho nitro benzene ring substituents is 1. The lowest BCUT2D eigenvalue weighted by atomic mass is 10.2. The van der Waals surface area contributed by atoms with Crippen molar-refractivity contribution in [1.29, 1.82) is 0 Å². The van der Waals surface area contributed by atoms with Crippen LogP contribution in [0.5, 0.6) is 0 Å². The number of nitrogens with one attached hydrogen (secondary N) is 1. The van der Waals surface area contributed by atoms with E-state index in [1.165, 1.54) is 17.0 Å². The third-order valence-corrected chi connectivity index (χ3v) is 4.73. The van der Waals surface area contributed by atoms with Crippen LogP contribution in [0.2, 0.25) is 5.02 Å². The average Bonchev–Trinajstić information content (AvgIpc) is 2.98. The fraction of sp³-hybridized carbons (Fsp3) is 0.333. The van der Waals surface area contributed by atoms with Crippen molar-refractivity contribution >= 4 is 28.6 Å². The molecular weight excluding hydrogens is 322 g/mol. The molecule has 0 radical (unpaired) electrons.